The van der Waals surface area contributed by atoms with Gasteiger partial charge in [0, 0.05) is 48.5 Å². The predicted molar refractivity (Wildman–Crippen MR) is 166 cm³/mol. The smallest absolute Gasteiger partial charge is 0.305 e. The number of hydrogen-bond acceptors (Lipinski definition) is 17. The normalized spacial score (nSPS) is 38.3. The summed E-state index contributed by atoms with van der Waals surface area (Å²) in [5.41, 5.74) is -8.50. The van der Waals surface area contributed by atoms with Gasteiger partial charge in [-0.15, -0.1) is 0 Å². The molecule has 3 fully saturated rings. The molecule has 0 aromatic rings. The fourth-order valence-corrected chi connectivity index (χ4v) is 9.09. The lowest BCUT2D eigenvalue weighted by atomic mass is 9.48. The quantitative estimate of drug-likeness (QED) is 0.202. The fraction of sp³-hybridized carbons (Fsp3) is 0.735. The van der Waals surface area contributed by atoms with Crippen LogP contribution in [0.5, 0.6) is 0 Å². The fourth-order valence-electron chi connectivity index (χ4n) is 9.09. The Labute approximate surface area is 294 Å². The maximum Gasteiger partial charge on any atom is 0.305 e. The van der Waals surface area contributed by atoms with E-state index < -0.39 is 125 Å². The third-order valence-electron chi connectivity index (χ3n) is 10.6. The van der Waals surface area contributed by atoms with Gasteiger partial charge in [-0.3, -0.25) is 38.3 Å². The van der Waals surface area contributed by atoms with Crippen molar-refractivity contribution in [2.24, 2.45) is 16.7 Å². The molecule has 4 aliphatic rings. The zero-order valence-electron chi connectivity index (χ0n) is 30.5. The number of carbonyl (C=O) groups excluding carboxylic acids is 7. The van der Waals surface area contributed by atoms with E-state index in [-0.39, 0.29) is 11.1 Å². The van der Waals surface area contributed by atoms with Gasteiger partial charge in [0.05, 0.1) is 34.9 Å². The summed E-state index contributed by atoms with van der Waals surface area (Å²) in [4.78, 5) is 91.0. The Kier molecular flexibility index (Phi) is 10.2. The monoisotopic (exact) mass is 726 g/mol. The van der Waals surface area contributed by atoms with Gasteiger partial charge in [-0.2, -0.15) is 0 Å². The Hall–Kier alpha value is -4.09. The van der Waals surface area contributed by atoms with Crippen molar-refractivity contribution in [3.8, 4) is 0 Å². The highest BCUT2D eigenvalue weighted by Gasteiger charge is 2.90. The van der Waals surface area contributed by atoms with Gasteiger partial charge in [-0.05, 0) is 38.3 Å². The summed E-state index contributed by atoms with van der Waals surface area (Å²) in [6.45, 7) is 12.8. The lowest BCUT2D eigenvalue weighted by Crippen LogP contribution is -2.89. The number of aliphatic hydroxyl groups excluding tert-OH is 1. The number of aliphatic hydroxyl groups is 2. The second kappa shape index (κ2) is 13.2. The molecule has 11 atom stereocenters. The molecule has 284 valence electrons. The maximum absolute atomic E-state index is 13.3. The maximum atomic E-state index is 13.3. The minimum Gasteiger partial charge on any atom is -0.462 e. The zero-order valence-corrected chi connectivity index (χ0v) is 30.5. The van der Waals surface area contributed by atoms with E-state index in [2.05, 4.69) is 0 Å². The molecule has 0 radical (unpaired) electrons. The molecule has 0 bridgehead atoms. The SMILES string of the molecule is CC(=O)OC1O[C@]2(OC(C)=O)C[C@H](OC(C)=O)[C@@]3(C)[C@@H](OC(C)=O)[C@H](OC(C)=O)C4=C(C)[C@@H](O)C[C@@]4(C(C)(C)O)[C@@H](OC(C)=O)[C@@H]3[C@]12OC(C)=O. The number of carbonyl (C=O) groups is 7. The van der Waals surface area contributed by atoms with Crippen LogP contribution in [0.15, 0.2) is 11.1 Å². The van der Waals surface area contributed by atoms with E-state index in [9.17, 15) is 43.8 Å². The van der Waals surface area contributed by atoms with Crippen molar-refractivity contribution in [1.29, 1.82) is 0 Å². The highest BCUT2D eigenvalue weighted by atomic mass is 16.9. The minimum atomic E-state index is -2.53. The van der Waals surface area contributed by atoms with Crippen LogP contribution in [0.3, 0.4) is 0 Å². The summed E-state index contributed by atoms with van der Waals surface area (Å²) in [7, 11) is 0. The molecule has 1 saturated heterocycles. The number of hydrogen-bond donors (Lipinski definition) is 2. The van der Waals surface area contributed by atoms with Crippen LogP contribution in [-0.2, 0) is 71.5 Å². The topological polar surface area (TPSA) is 234 Å². The Morgan fingerprint density at radius 2 is 1.20 bits per heavy atom. The number of esters is 7. The molecule has 0 aromatic heterocycles. The Morgan fingerprint density at radius 3 is 1.65 bits per heavy atom. The molecule has 2 N–H and O–H groups in total. The highest BCUT2D eigenvalue weighted by Crippen LogP contribution is 2.72. The molecule has 0 spiro atoms. The van der Waals surface area contributed by atoms with E-state index in [1.807, 2.05) is 0 Å². The van der Waals surface area contributed by atoms with Gasteiger partial charge in [0.15, 0.2) is 12.2 Å². The summed E-state index contributed by atoms with van der Waals surface area (Å²) in [5, 5.41) is 23.9. The summed E-state index contributed by atoms with van der Waals surface area (Å²) >= 11 is 0. The van der Waals surface area contributed by atoms with E-state index in [0.717, 1.165) is 48.5 Å². The summed E-state index contributed by atoms with van der Waals surface area (Å²) < 4.78 is 47.5. The number of fused-ring (bicyclic) bond motifs is 4. The first-order chi connectivity index (χ1) is 23.3. The van der Waals surface area contributed by atoms with Crippen LogP contribution in [-0.4, -0.2) is 106 Å². The summed E-state index contributed by atoms with van der Waals surface area (Å²) in [6.07, 6.45) is -11.3. The first-order valence-electron chi connectivity index (χ1n) is 16.4. The zero-order chi connectivity index (χ0) is 38.8. The largest absolute Gasteiger partial charge is 0.462 e. The van der Waals surface area contributed by atoms with Crippen molar-refractivity contribution in [1.82, 2.24) is 0 Å². The van der Waals surface area contributed by atoms with E-state index in [0.29, 0.717) is 0 Å². The van der Waals surface area contributed by atoms with Gasteiger partial charge >= 0.3 is 41.8 Å². The van der Waals surface area contributed by atoms with Gasteiger partial charge in [-0.1, -0.05) is 6.92 Å². The molecular formula is C34H46O17. The van der Waals surface area contributed by atoms with Crippen LogP contribution in [0.1, 0.15) is 89.0 Å². The number of rotatable bonds is 8. The van der Waals surface area contributed by atoms with Crippen LogP contribution >= 0.6 is 0 Å². The van der Waals surface area contributed by atoms with E-state index in [1.54, 1.807) is 0 Å². The summed E-state index contributed by atoms with van der Waals surface area (Å²) in [6, 6.07) is 0. The van der Waals surface area contributed by atoms with Gasteiger partial charge in [0.2, 0.25) is 5.60 Å². The molecule has 0 amide bonds. The van der Waals surface area contributed by atoms with Crippen LogP contribution in [0.4, 0.5) is 0 Å². The predicted octanol–water partition coefficient (Wildman–Crippen LogP) is 1.07. The van der Waals surface area contributed by atoms with Crippen molar-refractivity contribution in [2.45, 2.75) is 143 Å². The average Bonchev–Trinajstić information content (AvgIpc) is 3.18. The molecule has 51 heavy (non-hydrogen) atoms. The standard InChI is InChI=1S/C34H46O17/c1-14-22(42)12-32(30(9,10)43)24(14)25(45-16(3)36)27(46-17(4)37)31(11)23(44-15(2)35)13-33(49-20(7)40)34(50-21(8)41,29(51-33)48-19(6)39)26(31)28(32)47-18(5)38/h22-23,25-29,42-43H,12-13H2,1-11H3/t22-,23-,25+,26-,27-,28-,29?,31+,32-,33+,34-/m0/s1. The van der Waals surface area contributed by atoms with Crippen molar-refractivity contribution in [2.75, 3.05) is 0 Å². The second-order valence-electron chi connectivity index (χ2n) is 14.4. The van der Waals surface area contributed by atoms with Crippen molar-refractivity contribution in [3.63, 3.8) is 0 Å². The summed E-state index contributed by atoms with van der Waals surface area (Å²) in [5.74, 6) is -10.9. The molecule has 2 saturated carbocycles. The van der Waals surface area contributed by atoms with Crippen molar-refractivity contribution >= 4 is 41.8 Å². The average molecular weight is 727 g/mol. The molecule has 1 aliphatic heterocycles. The Morgan fingerprint density at radius 1 is 0.706 bits per heavy atom. The molecule has 4 rings (SSSR count). The van der Waals surface area contributed by atoms with E-state index in [1.165, 1.54) is 27.7 Å². The third kappa shape index (κ3) is 6.05. The molecular weight excluding hydrogens is 680 g/mol. The van der Waals surface area contributed by atoms with E-state index >= 15 is 0 Å². The van der Waals surface area contributed by atoms with Gasteiger partial charge in [-0.25, -0.2) is 0 Å². The molecule has 17 nitrogen and oxygen atoms in total. The van der Waals surface area contributed by atoms with Gasteiger partial charge in [0.25, 0.3) is 12.1 Å². The van der Waals surface area contributed by atoms with Crippen molar-refractivity contribution < 1.29 is 81.7 Å². The third-order valence-corrected chi connectivity index (χ3v) is 10.6. The highest BCUT2D eigenvalue weighted by molar-refractivity contribution is 5.72. The van der Waals surface area contributed by atoms with Crippen LogP contribution in [0.2, 0.25) is 0 Å². The first kappa shape index (κ1) is 39.7. The van der Waals surface area contributed by atoms with Crippen LogP contribution < -0.4 is 0 Å². The van der Waals surface area contributed by atoms with Crippen molar-refractivity contribution in [3.05, 3.63) is 11.1 Å². The lowest BCUT2D eigenvalue weighted by molar-refractivity contribution is -0.519. The molecule has 1 heterocycles. The molecule has 17 heteroatoms. The first-order valence-corrected chi connectivity index (χ1v) is 16.4. The molecule has 3 aliphatic carbocycles. The Balaban J connectivity index is 2.37. The Bertz CT molecular complexity index is 1560. The minimum absolute atomic E-state index is 0.00672. The number of ether oxygens (including phenoxy) is 8. The van der Waals surface area contributed by atoms with Crippen LogP contribution in [0.25, 0.3) is 0 Å². The second-order valence-corrected chi connectivity index (χ2v) is 14.4. The van der Waals surface area contributed by atoms with Crippen LogP contribution in [0, 0.1) is 16.7 Å². The van der Waals surface area contributed by atoms with Gasteiger partial charge in [0.1, 0.15) is 12.2 Å². The van der Waals surface area contributed by atoms with Gasteiger partial charge < -0.3 is 43.4 Å². The van der Waals surface area contributed by atoms with E-state index in [4.69, 9.17) is 37.9 Å². The molecule has 1 unspecified atom stereocenters. The molecule has 0 aromatic carbocycles. The lowest BCUT2D eigenvalue weighted by Gasteiger charge is -2.70.